The highest BCUT2D eigenvalue weighted by atomic mass is 32.2. The van der Waals surface area contributed by atoms with Crippen molar-refractivity contribution in [3.8, 4) is 5.88 Å². The van der Waals surface area contributed by atoms with Gasteiger partial charge in [-0.3, -0.25) is 4.99 Å². The quantitative estimate of drug-likeness (QED) is 0.591. The van der Waals surface area contributed by atoms with Gasteiger partial charge in [0.15, 0.2) is 12.6 Å². The van der Waals surface area contributed by atoms with Crippen LogP contribution in [0.5, 0.6) is 5.88 Å². The fraction of sp³-hybridized carbons (Fsp3) is 0.625. The number of nitrogens with one attached hydrogen (secondary N) is 2. The van der Waals surface area contributed by atoms with Crippen LogP contribution in [0.15, 0.2) is 23.3 Å². The van der Waals surface area contributed by atoms with E-state index in [2.05, 4.69) is 32.3 Å². The Balaban J connectivity index is 1.82. The first-order chi connectivity index (χ1) is 11.8. The number of halogens is 3. The van der Waals surface area contributed by atoms with Crippen LogP contribution in [0.25, 0.3) is 0 Å². The minimum atomic E-state index is -4.38. The van der Waals surface area contributed by atoms with Gasteiger partial charge in [0, 0.05) is 37.1 Å². The van der Waals surface area contributed by atoms with E-state index in [-0.39, 0.29) is 10.6 Å². The van der Waals surface area contributed by atoms with E-state index in [1.54, 1.807) is 13.1 Å². The highest BCUT2D eigenvalue weighted by Crippen LogP contribution is 2.36. The highest BCUT2D eigenvalue weighted by Gasteiger charge is 2.29. The minimum Gasteiger partial charge on any atom is -0.468 e. The summed E-state index contributed by atoms with van der Waals surface area (Å²) in [5.74, 6) is 1.79. The smallest absolute Gasteiger partial charge is 0.422 e. The lowest BCUT2D eigenvalue weighted by molar-refractivity contribution is -0.154. The Kier molecular flexibility index (Phi) is 6.80. The lowest BCUT2D eigenvalue weighted by Gasteiger charge is -2.24. The molecule has 25 heavy (non-hydrogen) atoms. The summed E-state index contributed by atoms with van der Waals surface area (Å²) in [6.07, 6.45) is -0.552. The van der Waals surface area contributed by atoms with Crippen LogP contribution >= 0.6 is 11.8 Å². The van der Waals surface area contributed by atoms with E-state index < -0.39 is 12.8 Å². The molecule has 1 aliphatic heterocycles. The zero-order chi connectivity index (χ0) is 18.3. The molecule has 9 heteroatoms. The normalized spacial score (nSPS) is 21.2. The molecule has 1 unspecified atom stereocenters. The SMILES string of the molecule is CN=C(NCc1ccnc(OCC(F)(F)F)c1)NCC1(C)CCCS1. The van der Waals surface area contributed by atoms with E-state index in [4.69, 9.17) is 0 Å². The molecule has 1 atom stereocenters. The predicted molar refractivity (Wildman–Crippen MR) is 94.1 cm³/mol. The fourth-order valence-electron chi connectivity index (χ4n) is 2.45. The Morgan fingerprint density at radius 3 is 2.88 bits per heavy atom. The number of aliphatic imine (C=N–C) groups is 1. The number of guanidine groups is 1. The van der Waals surface area contributed by atoms with Crippen molar-refractivity contribution in [2.45, 2.75) is 37.2 Å². The number of ether oxygens (including phenoxy) is 1. The highest BCUT2D eigenvalue weighted by molar-refractivity contribution is 8.00. The van der Waals surface area contributed by atoms with Crippen LogP contribution in [0.3, 0.4) is 0 Å². The molecule has 1 fully saturated rings. The van der Waals surface area contributed by atoms with Gasteiger partial charge in [-0.1, -0.05) is 0 Å². The molecule has 2 rings (SSSR count). The van der Waals surface area contributed by atoms with Crippen molar-refractivity contribution in [2.24, 2.45) is 4.99 Å². The number of pyridine rings is 1. The number of hydrogen-bond acceptors (Lipinski definition) is 4. The zero-order valence-corrected chi connectivity index (χ0v) is 15.1. The summed E-state index contributed by atoms with van der Waals surface area (Å²) >= 11 is 1.96. The van der Waals surface area contributed by atoms with E-state index in [1.807, 2.05) is 11.8 Å². The van der Waals surface area contributed by atoms with Crippen LogP contribution in [0.2, 0.25) is 0 Å². The van der Waals surface area contributed by atoms with E-state index in [0.717, 1.165) is 12.1 Å². The van der Waals surface area contributed by atoms with E-state index >= 15 is 0 Å². The molecule has 1 saturated heterocycles. The molecule has 140 valence electrons. The van der Waals surface area contributed by atoms with Crippen molar-refractivity contribution >= 4 is 17.7 Å². The molecule has 0 aliphatic carbocycles. The Hall–Kier alpha value is -1.64. The molecule has 0 amide bonds. The Morgan fingerprint density at radius 1 is 1.44 bits per heavy atom. The van der Waals surface area contributed by atoms with Crippen LogP contribution in [-0.4, -0.2) is 47.8 Å². The van der Waals surface area contributed by atoms with Crippen molar-refractivity contribution in [1.82, 2.24) is 15.6 Å². The second-order valence-electron chi connectivity index (χ2n) is 6.09. The fourth-order valence-corrected chi connectivity index (χ4v) is 3.69. The molecule has 0 radical (unpaired) electrons. The van der Waals surface area contributed by atoms with E-state index in [9.17, 15) is 13.2 Å². The number of nitrogens with zero attached hydrogens (tertiary/aromatic N) is 2. The molecule has 0 saturated carbocycles. The van der Waals surface area contributed by atoms with Gasteiger partial charge in [-0.25, -0.2) is 4.98 Å². The molecular weight excluding hydrogens is 353 g/mol. The van der Waals surface area contributed by atoms with Crippen molar-refractivity contribution in [3.63, 3.8) is 0 Å². The minimum absolute atomic E-state index is 0.0468. The third kappa shape index (κ3) is 7.01. The summed E-state index contributed by atoms with van der Waals surface area (Å²) in [6.45, 7) is 2.11. The molecule has 1 aliphatic rings. The molecule has 5 nitrogen and oxygen atoms in total. The monoisotopic (exact) mass is 376 g/mol. The summed E-state index contributed by atoms with van der Waals surface area (Å²) in [5, 5.41) is 6.45. The van der Waals surface area contributed by atoms with E-state index in [1.165, 1.54) is 30.9 Å². The molecule has 2 heterocycles. The molecule has 2 N–H and O–H groups in total. The standard InChI is InChI=1S/C16H23F3N4OS/c1-15(5-3-7-25-15)10-23-14(20-2)22-9-12-4-6-21-13(8-12)24-11-16(17,18)19/h4,6,8H,3,5,7,9-11H2,1-2H3,(H2,20,22,23). The molecule has 0 bridgehead atoms. The van der Waals surface area contributed by atoms with Crippen LogP contribution in [0.1, 0.15) is 25.3 Å². The summed E-state index contributed by atoms with van der Waals surface area (Å²) in [7, 11) is 1.68. The first-order valence-electron chi connectivity index (χ1n) is 8.03. The largest absolute Gasteiger partial charge is 0.468 e. The average Bonchev–Trinajstić information content (AvgIpc) is 3.00. The number of aromatic nitrogens is 1. The zero-order valence-electron chi connectivity index (χ0n) is 14.3. The van der Waals surface area contributed by atoms with Gasteiger partial charge in [0.25, 0.3) is 0 Å². The first-order valence-corrected chi connectivity index (χ1v) is 9.01. The van der Waals surface area contributed by atoms with Gasteiger partial charge in [-0.2, -0.15) is 24.9 Å². The van der Waals surface area contributed by atoms with E-state index in [0.29, 0.717) is 12.5 Å². The van der Waals surface area contributed by atoms with Gasteiger partial charge in [-0.15, -0.1) is 0 Å². The molecule has 0 spiro atoms. The summed E-state index contributed by atoms with van der Waals surface area (Å²) in [5.41, 5.74) is 0.761. The average molecular weight is 376 g/mol. The van der Waals surface area contributed by atoms with Crippen molar-refractivity contribution in [2.75, 3.05) is 26.0 Å². The first kappa shape index (κ1) is 19.7. The van der Waals surface area contributed by atoms with Gasteiger partial charge >= 0.3 is 6.18 Å². The number of alkyl halides is 3. The van der Waals surface area contributed by atoms with Crippen molar-refractivity contribution in [1.29, 1.82) is 0 Å². The number of thioether (sulfide) groups is 1. The number of hydrogen-bond donors (Lipinski definition) is 2. The van der Waals surface area contributed by atoms with Crippen LogP contribution in [-0.2, 0) is 6.54 Å². The summed E-state index contributed by atoms with van der Waals surface area (Å²) in [6, 6.07) is 3.20. The Labute approximate surface area is 149 Å². The van der Waals surface area contributed by atoms with Gasteiger partial charge in [0.05, 0.1) is 0 Å². The third-order valence-electron chi connectivity index (χ3n) is 3.80. The summed E-state index contributed by atoms with van der Waals surface area (Å²) in [4.78, 5) is 7.96. The predicted octanol–water partition coefficient (Wildman–Crippen LogP) is 2.97. The Bertz CT molecular complexity index is 589. The van der Waals surface area contributed by atoms with Gasteiger partial charge in [0.1, 0.15) is 0 Å². The molecule has 0 aromatic carbocycles. The molecular formula is C16H23F3N4OS. The second-order valence-corrected chi connectivity index (χ2v) is 7.77. The third-order valence-corrected chi connectivity index (χ3v) is 5.33. The van der Waals surface area contributed by atoms with Crippen molar-refractivity contribution in [3.05, 3.63) is 23.9 Å². The second kappa shape index (κ2) is 8.64. The summed E-state index contributed by atoms with van der Waals surface area (Å²) < 4.78 is 41.5. The molecule has 1 aromatic rings. The van der Waals surface area contributed by atoms with Crippen LogP contribution in [0, 0.1) is 0 Å². The maximum Gasteiger partial charge on any atom is 0.422 e. The lowest BCUT2D eigenvalue weighted by atomic mass is 10.1. The maximum atomic E-state index is 12.2. The molecule has 1 aromatic heterocycles. The van der Waals surface area contributed by atoms with Gasteiger partial charge in [0.2, 0.25) is 5.88 Å². The Morgan fingerprint density at radius 2 is 2.24 bits per heavy atom. The number of rotatable bonds is 6. The van der Waals surface area contributed by atoms with Gasteiger partial charge in [-0.05, 0) is 37.1 Å². The maximum absolute atomic E-state index is 12.2. The lowest BCUT2D eigenvalue weighted by Crippen LogP contribution is -2.43. The topological polar surface area (TPSA) is 58.5 Å². The van der Waals surface area contributed by atoms with Crippen LogP contribution in [0.4, 0.5) is 13.2 Å². The van der Waals surface area contributed by atoms with Crippen LogP contribution < -0.4 is 15.4 Å². The van der Waals surface area contributed by atoms with Gasteiger partial charge < -0.3 is 15.4 Å². The van der Waals surface area contributed by atoms with Crippen molar-refractivity contribution < 1.29 is 17.9 Å².